The van der Waals surface area contributed by atoms with E-state index in [2.05, 4.69) is 29.2 Å². The molecule has 96 valence electrons. The van der Waals surface area contributed by atoms with Crippen LogP contribution in [0.2, 0.25) is 0 Å². The van der Waals surface area contributed by atoms with Gasteiger partial charge in [0.25, 0.3) is 0 Å². The minimum absolute atomic E-state index is 0.460. The largest absolute Gasteiger partial charge is 0.300 e. The molecule has 2 aliphatic rings. The van der Waals surface area contributed by atoms with Crippen molar-refractivity contribution in [2.24, 2.45) is 0 Å². The highest BCUT2D eigenvalue weighted by atomic mass is 16.1. The van der Waals surface area contributed by atoms with Crippen LogP contribution in [-0.4, -0.2) is 23.3 Å². The van der Waals surface area contributed by atoms with Gasteiger partial charge in [-0.25, -0.2) is 0 Å². The van der Waals surface area contributed by atoms with Crippen LogP contribution in [0.25, 0.3) is 0 Å². The maximum atomic E-state index is 11.3. The van der Waals surface area contributed by atoms with Crippen LogP contribution in [0.1, 0.15) is 43.2 Å². The van der Waals surface area contributed by atoms with Crippen LogP contribution in [0.4, 0.5) is 0 Å². The zero-order chi connectivity index (χ0) is 12.4. The number of rotatable bonds is 1. The zero-order valence-corrected chi connectivity index (χ0v) is 10.9. The van der Waals surface area contributed by atoms with Crippen LogP contribution >= 0.6 is 0 Å². The highest BCUT2D eigenvalue weighted by molar-refractivity contribution is 5.79. The third-order valence-corrected chi connectivity index (χ3v) is 4.41. The number of fused-ring (bicyclic) bond motifs is 1. The molecule has 0 atom stereocenters. The van der Waals surface area contributed by atoms with Gasteiger partial charge in [-0.15, -0.1) is 0 Å². The normalized spacial score (nSPS) is 22.6. The van der Waals surface area contributed by atoms with Gasteiger partial charge in [-0.2, -0.15) is 0 Å². The molecule has 1 saturated carbocycles. The van der Waals surface area contributed by atoms with Crippen LogP contribution in [0.15, 0.2) is 24.3 Å². The molecule has 1 heterocycles. The van der Waals surface area contributed by atoms with E-state index in [9.17, 15) is 4.79 Å². The second-order valence-electron chi connectivity index (χ2n) is 5.61. The van der Waals surface area contributed by atoms with Gasteiger partial charge >= 0.3 is 0 Å². The monoisotopic (exact) mass is 243 g/mol. The maximum Gasteiger partial charge on any atom is 0.133 e. The minimum Gasteiger partial charge on any atom is -0.300 e. The highest BCUT2D eigenvalue weighted by Gasteiger charge is 2.25. The predicted octanol–water partition coefficient (Wildman–Crippen LogP) is 2.95. The number of ketones is 1. The molecule has 0 spiro atoms. The summed E-state index contributed by atoms with van der Waals surface area (Å²) in [4.78, 5) is 13.9. The Bertz CT molecular complexity index is 430. The number of hydrogen-bond acceptors (Lipinski definition) is 2. The fourth-order valence-electron chi connectivity index (χ4n) is 3.33. The Morgan fingerprint density at radius 2 is 1.72 bits per heavy atom. The van der Waals surface area contributed by atoms with Crippen molar-refractivity contribution < 1.29 is 4.79 Å². The first-order chi connectivity index (χ1) is 8.83. The number of hydrogen-bond donors (Lipinski definition) is 0. The van der Waals surface area contributed by atoms with E-state index >= 15 is 0 Å². The Morgan fingerprint density at radius 3 is 2.50 bits per heavy atom. The third kappa shape index (κ3) is 2.49. The maximum absolute atomic E-state index is 11.3. The molecule has 0 bridgehead atoms. The van der Waals surface area contributed by atoms with E-state index < -0.39 is 0 Å². The van der Waals surface area contributed by atoms with Crippen LogP contribution in [0.5, 0.6) is 0 Å². The van der Waals surface area contributed by atoms with Gasteiger partial charge in [-0.05, 0) is 43.4 Å². The molecule has 1 aromatic carbocycles. The second-order valence-corrected chi connectivity index (χ2v) is 5.61. The summed E-state index contributed by atoms with van der Waals surface area (Å²) < 4.78 is 0. The molecule has 1 fully saturated rings. The summed E-state index contributed by atoms with van der Waals surface area (Å²) in [6.07, 6.45) is 6.19. The van der Waals surface area contributed by atoms with E-state index in [1.54, 1.807) is 0 Å². The van der Waals surface area contributed by atoms with Crippen LogP contribution in [0.3, 0.4) is 0 Å². The molecule has 0 saturated heterocycles. The van der Waals surface area contributed by atoms with Crippen molar-refractivity contribution in [2.45, 2.75) is 51.1 Å². The number of benzene rings is 1. The number of Topliss-reactive ketones (excluding diaryl/α,β-unsaturated/α-hetero) is 1. The van der Waals surface area contributed by atoms with Crippen molar-refractivity contribution in [2.75, 3.05) is 6.54 Å². The van der Waals surface area contributed by atoms with Crippen molar-refractivity contribution in [3.05, 3.63) is 35.4 Å². The number of nitrogens with zero attached hydrogens (tertiary/aromatic N) is 1. The van der Waals surface area contributed by atoms with E-state index in [4.69, 9.17) is 0 Å². The molecule has 0 unspecified atom stereocenters. The Kier molecular flexibility index (Phi) is 3.46. The fourth-order valence-corrected chi connectivity index (χ4v) is 3.33. The highest BCUT2D eigenvalue weighted by Crippen LogP contribution is 2.26. The number of carbonyl (C=O) groups excluding carboxylic acids is 1. The summed E-state index contributed by atoms with van der Waals surface area (Å²) in [5.74, 6) is 0.460. The van der Waals surface area contributed by atoms with Gasteiger partial charge < -0.3 is 0 Å². The van der Waals surface area contributed by atoms with E-state index in [0.717, 1.165) is 32.2 Å². The topological polar surface area (TPSA) is 20.3 Å². The molecule has 1 aromatic rings. The van der Waals surface area contributed by atoms with Crippen molar-refractivity contribution in [1.82, 2.24) is 4.90 Å². The van der Waals surface area contributed by atoms with E-state index in [0.29, 0.717) is 11.8 Å². The lowest BCUT2D eigenvalue weighted by Crippen LogP contribution is -2.37. The van der Waals surface area contributed by atoms with Gasteiger partial charge in [0, 0.05) is 25.4 Å². The smallest absolute Gasteiger partial charge is 0.133 e. The van der Waals surface area contributed by atoms with Crippen LogP contribution < -0.4 is 0 Å². The van der Waals surface area contributed by atoms with E-state index in [-0.39, 0.29) is 0 Å². The van der Waals surface area contributed by atoms with Gasteiger partial charge in [-0.3, -0.25) is 9.69 Å². The molecule has 0 radical (unpaired) electrons. The average Bonchev–Trinajstić information content (AvgIpc) is 2.61. The van der Waals surface area contributed by atoms with Gasteiger partial charge in [0.15, 0.2) is 0 Å². The van der Waals surface area contributed by atoms with Crippen molar-refractivity contribution in [1.29, 1.82) is 0 Å². The summed E-state index contributed by atoms with van der Waals surface area (Å²) in [6, 6.07) is 9.46. The first-order valence-electron chi connectivity index (χ1n) is 7.15. The van der Waals surface area contributed by atoms with Gasteiger partial charge in [0.1, 0.15) is 5.78 Å². The zero-order valence-electron chi connectivity index (χ0n) is 10.9. The standard InChI is InChI=1S/C16H21NO/c18-16-9-7-15(8-10-16)17-11-3-6-13-4-1-2-5-14(13)12-17/h1-2,4-5,15H,3,6-12H2. The SMILES string of the molecule is O=C1CCC(N2CCCc3ccccc3C2)CC1. The lowest BCUT2D eigenvalue weighted by molar-refractivity contribution is -0.121. The molecular weight excluding hydrogens is 222 g/mol. The Balaban J connectivity index is 1.73. The Hall–Kier alpha value is -1.15. The van der Waals surface area contributed by atoms with Gasteiger partial charge in [0.05, 0.1) is 0 Å². The summed E-state index contributed by atoms with van der Waals surface area (Å²) in [5, 5.41) is 0. The minimum atomic E-state index is 0.460. The molecule has 1 aliphatic carbocycles. The third-order valence-electron chi connectivity index (χ3n) is 4.41. The molecule has 0 amide bonds. The second kappa shape index (κ2) is 5.23. The quantitative estimate of drug-likeness (QED) is 0.756. The Labute approximate surface area is 109 Å². The fraction of sp³-hybridized carbons (Fsp3) is 0.562. The lowest BCUT2D eigenvalue weighted by Gasteiger charge is -2.33. The molecular formula is C16H21NO. The van der Waals surface area contributed by atoms with E-state index in [1.165, 1.54) is 30.5 Å². The van der Waals surface area contributed by atoms with Crippen LogP contribution in [0, 0.1) is 0 Å². The molecule has 2 nitrogen and oxygen atoms in total. The molecule has 1 aliphatic heterocycles. The summed E-state index contributed by atoms with van der Waals surface area (Å²) in [7, 11) is 0. The van der Waals surface area contributed by atoms with Crippen molar-refractivity contribution in [3.63, 3.8) is 0 Å². The summed E-state index contributed by atoms with van der Waals surface area (Å²) in [5.41, 5.74) is 3.01. The van der Waals surface area contributed by atoms with Gasteiger partial charge in [0.2, 0.25) is 0 Å². The summed E-state index contributed by atoms with van der Waals surface area (Å²) in [6.45, 7) is 2.27. The number of carbonyl (C=O) groups is 1. The molecule has 0 aromatic heterocycles. The first kappa shape index (κ1) is 11.9. The molecule has 3 rings (SSSR count). The average molecular weight is 243 g/mol. The Morgan fingerprint density at radius 1 is 1.00 bits per heavy atom. The van der Waals surface area contributed by atoms with Crippen molar-refractivity contribution >= 4 is 5.78 Å². The van der Waals surface area contributed by atoms with Crippen LogP contribution in [-0.2, 0) is 17.8 Å². The van der Waals surface area contributed by atoms with E-state index in [1.807, 2.05) is 0 Å². The predicted molar refractivity (Wildman–Crippen MR) is 72.4 cm³/mol. The summed E-state index contributed by atoms with van der Waals surface area (Å²) >= 11 is 0. The molecule has 2 heteroatoms. The number of aryl methyl sites for hydroxylation is 1. The lowest BCUT2D eigenvalue weighted by atomic mass is 9.93. The molecule has 0 N–H and O–H groups in total. The van der Waals surface area contributed by atoms with Gasteiger partial charge in [-0.1, -0.05) is 24.3 Å². The first-order valence-corrected chi connectivity index (χ1v) is 7.15. The molecule has 18 heavy (non-hydrogen) atoms. The van der Waals surface area contributed by atoms with Crippen molar-refractivity contribution in [3.8, 4) is 0 Å².